The molecule has 2 heterocycles. The number of amides is 1. The van der Waals surface area contributed by atoms with Crippen molar-refractivity contribution >= 4 is 38.6 Å². The first-order valence-electron chi connectivity index (χ1n) is 6.38. The van der Waals surface area contributed by atoms with Crippen molar-refractivity contribution in [3.05, 3.63) is 40.1 Å². The Balaban J connectivity index is 2.16. The monoisotopic (exact) mass is 322 g/mol. The minimum Gasteiger partial charge on any atom is -0.323 e. The molecule has 0 saturated carbocycles. The van der Waals surface area contributed by atoms with E-state index in [-0.39, 0.29) is 17.3 Å². The molecule has 0 radical (unpaired) electrons. The Labute approximate surface area is 127 Å². The van der Waals surface area contributed by atoms with Gasteiger partial charge in [-0.3, -0.25) is 9.10 Å². The molecule has 0 fully saturated rings. The van der Waals surface area contributed by atoms with Crippen molar-refractivity contribution in [2.45, 2.75) is 18.7 Å². The molecule has 7 heteroatoms. The van der Waals surface area contributed by atoms with Gasteiger partial charge in [0.2, 0.25) is 5.91 Å². The number of nitrogens with zero attached hydrogens (tertiary/aromatic N) is 1. The fourth-order valence-electron chi connectivity index (χ4n) is 2.40. The average Bonchev–Trinajstić information content (AvgIpc) is 2.77. The molecule has 2 aromatic rings. The third-order valence-corrected chi connectivity index (χ3v) is 6.28. The highest BCUT2D eigenvalue weighted by Crippen LogP contribution is 2.35. The Morgan fingerprint density at radius 1 is 1.24 bits per heavy atom. The summed E-state index contributed by atoms with van der Waals surface area (Å²) in [7, 11) is -3.74. The maximum Gasteiger partial charge on any atom is 0.265 e. The number of sulfonamides is 1. The smallest absolute Gasteiger partial charge is 0.265 e. The fraction of sp³-hybridized carbons (Fsp3) is 0.214. The zero-order valence-corrected chi connectivity index (χ0v) is 13.2. The van der Waals surface area contributed by atoms with Crippen molar-refractivity contribution in [3.63, 3.8) is 0 Å². The zero-order valence-electron chi connectivity index (χ0n) is 11.6. The normalized spacial score (nSPS) is 14.8. The van der Waals surface area contributed by atoms with Crippen LogP contribution in [0.1, 0.15) is 9.75 Å². The maximum atomic E-state index is 12.9. The van der Waals surface area contributed by atoms with E-state index in [1.165, 1.54) is 15.6 Å². The van der Waals surface area contributed by atoms with Crippen molar-refractivity contribution in [1.29, 1.82) is 0 Å². The standard InChI is InChI=1S/C14H14N2O3S2/c1-9-7-13(10(2)20-9)21(18,19)16-8-14(17)15-11-5-3-4-6-12(11)16/h3-7H,8H2,1-2H3,(H,15,17). The van der Waals surface area contributed by atoms with Crippen LogP contribution in [0.15, 0.2) is 35.2 Å². The summed E-state index contributed by atoms with van der Waals surface area (Å²) in [4.78, 5) is 13.7. The number of thiophene rings is 1. The van der Waals surface area contributed by atoms with Crippen LogP contribution in [-0.2, 0) is 14.8 Å². The van der Waals surface area contributed by atoms with Crippen molar-refractivity contribution < 1.29 is 13.2 Å². The first kappa shape index (κ1) is 14.1. The summed E-state index contributed by atoms with van der Waals surface area (Å²) >= 11 is 1.44. The lowest BCUT2D eigenvalue weighted by molar-refractivity contribution is -0.115. The zero-order chi connectivity index (χ0) is 15.2. The number of hydrogen-bond acceptors (Lipinski definition) is 4. The van der Waals surface area contributed by atoms with E-state index in [1.54, 1.807) is 37.3 Å². The van der Waals surface area contributed by atoms with Crippen molar-refractivity contribution in [1.82, 2.24) is 0 Å². The molecule has 0 aliphatic carbocycles. The maximum absolute atomic E-state index is 12.9. The molecular weight excluding hydrogens is 308 g/mol. The van der Waals surface area contributed by atoms with Crippen LogP contribution in [0.3, 0.4) is 0 Å². The molecule has 21 heavy (non-hydrogen) atoms. The molecule has 1 amide bonds. The number of hydrogen-bond donors (Lipinski definition) is 1. The van der Waals surface area contributed by atoms with Crippen LogP contribution in [0, 0.1) is 13.8 Å². The number of para-hydroxylation sites is 2. The molecule has 3 rings (SSSR count). The molecule has 0 unspecified atom stereocenters. The molecule has 0 bridgehead atoms. The topological polar surface area (TPSA) is 66.5 Å². The average molecular weight is 322 g/mol. The van der Waals surface area contributed by atoms with Crippen LogP contribution < -0.4 is 9.62 Å². The Bertz CT molecular complexity index is 824. The lowest BCUT2D eigenvalue weighted by Crippen LogP contribution is -2.42. The number of rotatable bonds is 2. The number of aryl methyl sites for hydroxylation is 2. The Morgan fingerprint density at radius 2 is 1.95 bits per heavy atom. The van der Waals surface area contributed by atoms with Gasteiger partial charge < -0.3 is 5.32 Å². The highest BCUT2D eigenvalue weighted by Gasteiger charge is 2.33. The second kappa shape index (κ2) is 4.85. The lowest BCUT2D eigenvalue weighted by Gasteiger charge is -2.29. The summed E-state index contributed by atoms with van der Waals surface area (Å²) in [6.07, 6.45) is 0. The number of benzene rings is 1. The van der Waals surface area contributed by atoms with Gasteiger partial charge in [-0.1, -0.05) is 12.1 Å². The lowest BCUT2D eigenvalue weighted by atomic mass is 10.2. The van der Waals surface area contributed by atoms with Gasteiger partial charge in [-0.15, -0.1) is 11.3 Å². The van der Waals surface area contributed by atoms with Crippen LogP contribution in [0.5, 0.6) is 0 Å². The van der Waals surface area contributed by atoms with Crippen LogP contribution in [-0.4, -0.2) is 20.9 Å². The highest BCUT2D eigenvalue weighted by atomic mass is 32.2. The van der Waals surface area contributed by atoms with Gasteiger partial charge in [-0.2, -0.15) is 0 Å². The fourth-order valence-corrected chi connectivity index (χ4v) is 5.37. The van der Waals surface area contributed by atoms with Gasteiger partial charge in [0.25, 0.3) is 10.0 Å². The van der Waals surface area contributed by atoms with Crippen molar-refractivity contribution in [2.75, 3.05) is 16.2 Å². The second-order valence-electron chi connectivity index (χ2n) is 4.85. The van der Waals surface area contributed by atoms with Gasteiger partial charge in [-0.05, 0) is 32.0 Å². The molecule has 1 aromatic carbocycles. The molecule has 1 aromatic heterocycles. The molecule has 1 aliphatic rings. The molecule has 110 valence electrons. The summed E-state index contributed by atoms with van der Waals surface area (Å²) in [5, 5.41) is 2.69. The van der Waals surface area contributed by atoms with Gasteiger partial charge >= 0.3 is 0 Å². The van der Waals surface area contributed by atoms with Crippen molar-refractivity contribution in [3.8, 4) is 0 Å². The van der Waals surface area contributed by atoms with E-state index < -0.39 is 10.0 Å². The van der Waals surface area contributed by atoms with Gasteiger partial charge in [0.1, 0.15) is 11.4 Å². The summed E-state index contributed by atoms with van der Waals surface area (Å²) < 4.78 is 26.9. The van der Waals surface area contributed by atoms with Gasteiger partial charge in [0.05, 0.1) is 11.4 Å². The van der Waals surface area contributed by atoms with Crippen LogP contribution in [0.4, 0.5) is 11.4 Å². The molecule has 1 aliphatic heterocycles. The van der Waals surface area contributed by atoms with Gasteiger partial charge in [0.15, 0.2) is 0 Å². The van der Waals surface area contributed by atoms with E-state index >= 15 is 0 Å². The molecule has 5 nitrogen and oxygen atoms in total. The Hall–Kier alpha value is -1.86. The first-order chi connectivity index (χ1) is 9.89. The van der Waals surface area contributed by atoms with Crippen LogP contribution >= 0.6 is 11.3 Å². The van der Waals surface area contributed by atoms with E-state index in [4.69, 9.17) is 0 Å². The third-order valence-electron chi connectivity index (χ3n) is 3.30. The molecular formula is C14H14N2O3S2. The molecule has 0 atom stereocenters. The van der Waals surface area contributed by atoms with Crippen LogP contribution in [0.2, 0.25) is 0 Å². The van der Waals surface area contributed by atoms with Crippen LogP contribution in [0.25, 0.3) is 0 Å². The minimum atomic E-state index is -3.74. The Morgan fingerprint density at radius 3 is 2.62 bits per heavy atom. The van der Waals surface area contributed by atoms with Gasteiger partial charge in [-0.25, -0.2) is 8.42 Å². The predicted octanol–water partition coefficient (Wildman–Crippen LogP) is 2.51. The molecule has 0 spiro atoms. The third kappa shape index (κ3) is 2.32. The molecule has 0 saturated heterocycles. The number of carbonyl (C=O) groups is 1. The quantitative estimate of drug-likeness (QED) is 0.924. The number of nitrogens with one attached hydrogen (secondary N) is 1. The SMILES string of the molecule is Cc1cc(S(=O)(=O)N2CC(=O)Nc3ccccc32)c(C)s1. The largest absolute Gasteiger partial charge is 0.323 e. The van der Waals surface area contributed by atoms with E-state index in [9.17, 15) is 13.2 Å². The summed E-state index contributed by atoms with van der Waals surface area (Å²) in [5.41, 5.74) is 1.02. The minimum absolute atomic E-state index is 0.201. The first-order valence-corrected chi connectivity index (χ1v) is 8.64. The van der Waals surface area contributed by atoms with Crippen molar-refractivity contribution in [2.24, 2.45) is 0 Å². The summed E-state index contributed by atoms with van der Waals surface area (Å²) in [6.45, 7) is 3.45. The number of carbonyl (C=O) groups excluding carboxylic acids is 1. The summed E-state index contributed by atoms with van der Waals surface area (Å²) in [6, 6.07) is 8.56. The Kier molecular flexibility index (Phi) is 3.26. The molecule has 1 N–H and O–H groups in total. The van der Waals surface area contributed by atoms with E-state index in [2.05, 4.69) is 5.32 Å². The predicted molar refractivity (Wildman–Crippen MR) is 83.4 cm³/mol. The van der Waals surface area contributed by atoms with E-state index in [0.29, 0.717) is 11.4 Å². The second-order valence-corrected chi connectivity index (χ2v) is 8.15. The number of fused-ring (bicyclic) bond motifs is 1. The van der Waals surface area contributed by atoms with E-state index in [0.717, 1.165) is 9.75 Å². The highest BCUT2D eigenvalue weighted by molar-refractivity contribution is 7.93. The number of anilines is 2. The summed E-state index contributed by atoms with van der Waals surface area (Å²) in [5.74, 6) is -0.332. The van der Waals surface area contributed by atoms with E-state index in [1.807, 2.05) is 6.92 Å². The van der Waals surface area contributed by atoms with Gasteiger partial charge in [0, 0.05) is 9.75 Å².